The molecule has 1 aromatic heterocycles. The number of benzene rings is 2. The lowest BCUT2D eigenvalue weighted by molar-refractivity contribution is 0.121. The van der Waals surface area contributed by atoms with E-state index < -0.39 is 5.60 Å². The second kappa shape index (κ2) is 5.68. The van der Waals surface area contributed by atoms with E-state index in [1.54, 1.807) is 18.3 Å². The van der Waals surface area contributed by atoms with Crippen molar-refractivity contribution < 1.29 is 5.11 Å². The van der Waals surface area contributed by atoms with Gasteiger partial charge in [-0.3, -0.25) is 4.98 Å². The fourth-order valence-electron chi connectivity index (χ4n) is 2.41. The summed E-state index contributed by atoms with van der Waals surface area (Å²) >= 11 is 5.96. The summed E-state index contributed by atoms with van der Waals surface area (Å²) in [6.45, 7) is 0. The minimum absolute atomic E-state index is 0.582. The number of aliphatic hydroxyl groups is 1. The quantitative estimate of drug-likeness (QED) is 0.792. The van der Waals surface area contributed by atoms with Gasteiger partial charge in [0.05, 0.1) is 5.69 Å². The van der Waals surface area contributed by atoms with Gasteiger partial charge < -0.3 is 5.11 Å². The van der Waals surface area contributed by atoms with Crippen molar-refractivity contribution in [1.29, 1.82) is 0 Å². The summed E-state index contributed by atoms with van der Waals surface area (Å²) in [7, 11) is 0. The van der Waals surface area contributed by atoms with Crippen LogP contribution in [-0.2, 0) is 5.60 Å². The second-order valence-electron chi connectivity index (χ2n) is 4.80. The van der Waals surface area contributed by atoms with Crippen molar-refractivity contribution in [2.45, 2.75) is 5.60 Å². The predicted octanol–water partition coefficient (Wildman–Crippen LogP) is 4.02. The van der Waals surface area contributed by atoms with Gasteiger partial charge in [0.25, 0.3) is 0 Å². The molecule has 1 heterocycles. The van der Waals surface area contributed by atoms with E-state index >= 15 is 0 Å². The molecule has 0 aliphatic heterocycles. The molecule has 0 spiro atoms. The number of hydrogen-bond donors (Lipinski definition) is 1. The molecule has 1 atom stereocenters. The van der Waals surface area contributed by atoms with Gasteiger partial charge in [0.15, 0.2) is 5.60 Å². The molecule has 3 aromatic rings. The molecule has 0 saturated heterocycles. The van der Waals surface area contributed by atoms with Gasteiger partial charge in [0.1, 0.15) is 0 Å². The van der Waals surface area contributed by atoms with Gasteiger partial charge in [-0.25, -0.2) is 0 Å². The minimum Gasteiger partial charge on any atom is -0.374 e. The normalized spacial score (nSPS) is 13.6. The summed E-state index contributed by atoms with van der Waals surface area (Å²) in [6, 6.07) is 22.2. The van der Waals surface area contributed by atoms with Gasteiger partial charge in [0.2, 0.25) is 0 Å². The van der Waals surface area contributed by atoms with Crippen molar-refractivity contribution in [3.63, 3.8) is 0 Å². The molecule has 3 rings (SSSR count). The summed E-state index contributed by atoms with van der Waals surface area (Å²) in [5.74, 6) is 0. The van der Waals surface area contributed by atoms with Crippen molar-refractivity contribution in [2.75, 3.05) is 0 Å². The van der Waals surface area contributed by atoms with Gasteiger partial charge in [-0.05, 0) is 35.4 Å². The highest BCUT2D eigenvalue weighted by molar-refractivity contribution is 6.30. The molecule has 1 N–H and O–H groups in total. The van der Waals surface area contributed by atoms with E-state index in [4.69, 9.17) is 11.6 Å². The van der Waals surface area contributed by atoms with E-state index in [1.165, 1.54) is 0 Å². The van der Waals surface area contributed by atoms with E-state index in [0.717, 1.165) is 11.1 Å². The first-order chi connectivity index (χ1) is 10.2. The molecular formula is C18H14ClNO. The van der Waals surface area contributed by atoms with E-state index in [2.05, 4.69) is 4.98 Å². The summed E-state index contributed by atoms with van der Waals surface area (Å²) in [5, 5.41) is 12.0. The van der Waals surface area contributed by atoms with Crippen LogP contribution in [0.4, 0.5) is 0 Å². The highest BCUT2D eigenvalue weighted by Crippen LogP contribution is 2.35. The zero-order valence-corrected chi connectivity index (χ0v) is 12.0. The lowest BCUT2D eigenvalue weighted by atomic mass is 9.83. The van der Waals surface area contributed by atoms with Crippen LogP contribution in [-0.4, -0.2) is 10.1 Å². The molecule has 0 aliphatic carbocycles. The molecule has 3 heteroatoms. The first-order valence-corrected chi connectivity index (χ1v) is 7.04. The molecule has 2 nitrogen and oxygen atoms in total. The number of halogens is 1. The predicted molar refractivity (Wildman–Crippen MR) is 84.2 cm³/mol. The SMILES string of the molecule is OC(c1ccccc1)(c1ccc(Cl)cc1)c1ccccn1. The third-order valence-electron chi connectivity index (χ3n) is 3.49. The number of hydrogen-bond acceptors (Lipinski definition) is 2. The maximum atomic E-state index is 11.4. The Balaban J connectivity index is 2.23. The average molecular weight is 296 g/mol. The first kappa shape index (κ1) is 13.8. The van der Waals surface area contributed by atoms with Crippen molar-refractivity contribution >= 4 is 11.6 Å². The Labute approximate surface area is 128 Å². The zero-order chi connectivity index (χ0) is 14.7. The summed E-state index contributed by atoms with van der Waals surface area (Å²) < 4.78 is 0. The number of nitrogens with zero attached hydrogens (tertiary/aromatic N) is 1. The lowest BCUT2D eigenvalue weighted by Gasteiger charge is -2.29. The minimum atomic E-state index is -1.30. The summed E-state index contributed by atoms with van der Waals surface area (Å²) in [6.07, 6.45) is 1.68. The van der Waals surface area contributed by atoms with E-state index in [0.29, 0.717) is 10.7 Å². The highest BCUT2D eigenvalue weighted by atomic mass is 35.5. The summed E-state index contributed by atoms with van der Waals surface area (Å²) in [4.78, 5) is 4.34. The van der Waals surface area contributed by atoms with Gasteiger partial charge in [-0.2, -0.15) is 0 Å². The van der Waals surface area contributed by atoms with Crippen LogP contribution in [0, 0.1) is 0 Å². The molecule has 0 radical (unpaired) electrons. The smallest absolute Gasteiger partial charge is 0.157 e. The third-order valence-corrected chi connectivity index (χ3v) is 3.74. The molecule has 21 heavy (non-hydrogen) atoms. The maximum Gasteiger partial charge on any atom is 0.157 e. The molecular weight excluding hydrogens is 282 g/mol. The van der Waals surface area contributed by atoms with Gasteiger partial charge in [-0.15, -0.1) is 0 Å². The molecule has 1 unspecified atom stereocenters. The Bertz CT molecular complexity index is 672. The zero-order valence-electron chi connectivity index (χ0n) is 11.3. The number of pyridine rings is 1. The Kier molecular flexibility index (Phi) is 3.74. The van der Waals surface area contributed by atoms with Crippen LogP contribution in [0.15, 0.2) is 79.0 Å². The van der Waals surface area contributed by atoms with Crippen LogP contribution in [0.3, 0.4) is 0 Å². The molecule has 0 aliphatic rings. The monoisotopic (exact) mass is 295 g/mol. The molecule has 104 valence electrons. The maximum absolute atomic E-state index is 11.4. The van der Waals surface area contributed by atoms with Gasteiger partial charge in [0, 0.05) is 11.2 Å². The van der Waals surface area contributed by atoms with Crippen molar-refractivity contribution in [3.8, 4) is 0 Å². The van der Waals surface area contributed by atoms with E-state index in [9.17, 15) is 5.11 Å². The molecule has 0 amide bonds. The second-order valence-corrected chi connectivity index (χ2v) is 5.23. The third kappa shape index (κ3) is 2.56. The fourth-order valence-corrected chi connectivity index (χ4v) is 2.54. The summed E-state index contributed by atoms with van der Waals surface area (Å²) in [5.41, 5.74) is 0.786. The topological polar surface area (TPSA) is 33.1 Å². The average Bonchev–Trinajstić information content (AvgIpc) is 2.56. The van der Waals surface area contributed by atoms with Crippen LogP contribution < -0.4 is 0 Å². The Morgan fingerprint density at radius 2 is 1.38 bits per heavy atom. The number of aromatic nitrogens is 1. The largest absolute Gasteiger partial charge is 0.374 e. The first-order valence-electron chi connectivity index (χ1n) is 6.67. The molecule has 0 saturated carbocycles. The van der Waals surface area contributed by atoms with E-state index in [1.807, 2.05) is 60.7 Å². The Morgan fingerprint density at radius 3 is 2.00 bits per heavy atom. The van der Waals surface area contributed by atoms with Crippen LogP contribution in [0.5, 0.6) is 0 Å². The molecule has 0 bridgehead atoms. The van der Waals surface area contributed by atoms with Crippen LogP contribution in [0.25, 0.3) is 0 Å². The van der Waals surface area contributed by atoms with Crippen molar-refractivity contribution in [2.24, 2.45) is 0 Å². The fraction of sp³-hybridized carbons (Fsp3) is 0.0556. The molecule has 2 aromatic carbocycles. The lowest BCUT2D eigenvalue weighted by Crippen LogP contribution is -2.29. The number of rotatable bonds is 3. The highest BCUT2D eigenvalue weighted by Gasteiger charge is 2.34. The van der Waals surface area contributed by atoms with Gasteiger partial charge in [-0.1, -0.05) is 60.1 Å². The van der Waals surface area contributed by atoms with E-state index in [-0.39, 0.29) is 0 Å². The van der Waals surface area contributed by atoms with Gasteiger partial charge >= 0.3 is 0 Å². The molecule has 0 fully saturated rings. The standard InChI is InChI=1S/C18H14ClNO/c19-16-11-9-15(10-12-16)18(21,14-6-2-1-3-7-14)17-8-4-5-13-20-17/h1-13,21H. The van der Waals surface area contributed by atoms with Crippen LogP contribution in [0.2, 0.25) is 5.02 Å². The van der Waals surface area contributed by atoms with Crippen molar-refractivity contribution in [3.05, 3.63) is 101 Å². The Morgan fingerprint density at radius 1 is 0.762 bits per heavy atom. The van der Waals surface area contributed by atoms with Crippen LogP contribution in [0.1, 0.15) is 16.8 Å². The van der Waals surface area contributed by atoms with Crippen molar-refractivity contribution in [1.82, 2.24) is 4.98 Å². The Hall–Kier alpha value is -2.16. The van der Waals surface area contributed by atoms with Crippen LogP contribution >= 0.6 is 11.6 Å².